The molecule has 0 aliphatic carbocycles. The number of nitrogens with zero attached hydrogens (tertiary/aromatic N) is 2. The van der Waals surface area contributed by atoms with Crippen LogP contribution in [-0.2, 0) is 0 Å². The minimum atomic E-state index is 0.659. The normalized spacial score (nSPS) is 11.8. The van der Waals surface area contributed by atoms with E-state index in [0.717, 1.165) is 99.8 Å². The first kappa shape index (κ1) is 38.2. The lowest BCUT2D eigenvalue weighted by Gasteiger charge is -2.18. The van der Waals surface area contributed by atoms with Crippen LogP contribution in [0.2, 0.25) is 0 Å². The summed E-state index contributed by atoms with van der Waals surface area (Å²) in [4.78, 5) is 10.9. The van der Waals surface area contributed by atoms with Crippen LogP contribution in [0.1, 0.15) is 0 Å². The highest BCUT2D eigenvalue weighted by Gasteiger charge is 2.20. The van der Waals surface area contributed by atoms with Crippen molar-refractivity contribution >= 4 is 76.2 Å². The molecule has 68 heavy (non-hydrogen) atoms. The van der Waals surface area contributed by atoms with E-state index < -0.39 is 0 Å². The Kier molecular flexibility index (Phi) is 8.55. The fourth-order valence-corrected chi connectivity index (χ4v) is 10.4. The van der Waals surface area contributed by atoms with Gasteiger partial charge < -0.3 is 8.83 Å². The third kappa shape index (κ3) is 6.23. The largest absolute Gasteiger partial charge is 0.456 e. The second kappa shape index (κ2) is 15.2. The molecule has 0 fully saturated rings. The molecule has 0 saturated carbocycles. The van der Waals surface area contributed by atoms with Gasteiger partial charge in [0.15, 0.2) is 5.82 Å². The van der Waals surface area contributed by atoms with Crippen molar-refractivity contribution in [2.24, 2.45) is 0 Å². The highest BCUT2D eigenvalue weighted by atomic mass is 16.3. The second-order valence-electron chi connectivity index (χ2n) is 17.6. The van der Waals surface area contributed by atoms with Crippen LogP contribution in [0.25, 0.3) is 143 Å². The van der Waals surface area contributed by atoms with Crippen molar-refractivity contribution in [1.82, 2.24) is 9.97 Å². The summed E-state index contributed by atoms with van der Waals surface area (Å²) in [7, 11) is 0. The summed E-state index contributed by atoms with van der Waals surface area (Å²) in [5, 5.41) is 11.6. The maximum Gasteiger partial charge on any atom is 0.160 e. The van der Waals surface area contributed by atoms with Crippen molar-refractivity contribution < 1.29 is 8.83 Å². The summed E-state index contributed by atoms with van der Waals surface area (Å²) in [5.41, 5.74) is 14.7. The van der Waals surface area contributed by atoms with Crippen LogP contribution in [0.5, 0.6) is 0 Å². The topological polar surface area (TPSA) is 52.1 Å². The van der Waals surface area contributed by atoms with Gasteiger partial charge in [-0.1, -0.05) is 164 Å². The van der Waals surface area contributed by atoms with E-state index in [4.69, 9.17) is 18.8 Å². The van der Waals surface area contributed by atoms with Gasteiger partial charge in [-0.3, -0.25) is 0 Å². The maximum atomic E-state index is 6.29. The molecule has 11 aromatic carbocycles. The Morgan fingerprint density at radius 3 is 1.47 bits per heavy atom. The first-order chi connectivity index (χ1) is 33.7. The summed E-state index contributed by atoms with van der Waals surface area (Å²) in [6, 6.07) is 81.9. The average molecular weight is 867 g/mol. The zero-order valence-corrected chi connectivity index (χ0v) is 36.7. The number of para-hydroxylation sites is 2. The lowest BCUT2D eigenvalue weighted by molar-refractivity contribution is 0.668. The van der Waals surface area contributed by atoms with Gasteiger partial charge in [-0.2, -0.15) is 0 Å². The van der Waals surface area contributed by atoms with Crippen LogP contribution in [0, 0.1) is 0 Å². The molecule has 4 heteroatoms. The molecule has 0 bridgehead atoms. The van der Waals surface area contributed by atoms with Gasteiger partial charge >= 0.3 is 0 Å². The fourth-order valence-electron chi connectivity index (χ4n) is 10.4. The molecule has 0 atom stereocenters. The molecule has 0 amide bonds. The molecule has 0 N–H and O–H groups in total. The molecule has 316 valence electrons. The lowest BCUT2D eigenvalue weighted by Crippen LogP contribution is -1.98. The molecule has 14 rings (SSSR count). The van der Waals surface area contributed by atoms with Crippen LogP contribution < -0.4 is 0 Å². The third-order valence-electron chi connectivity index (χ3n) is 13.6. The van der Waals surface area contributed by atoms with Gasteiger partial charge in [0.25, 0.3) is 0 Å². The summed E-state index contributed by atoms with van der Waals surface area (Å²) >= 11 is 0. The van der Waals surface area contributed by atoms with E-state index in [1.807, 2.05) is 30.3 Å². The van der Waals surface area contributed by atoms with Gasteiger partial charge in [0.2, 0.25) is 0 Å². The van der Waals surface area contributed by atoms with E-state index in [0.29, 0.717) is 5.82 Å². The third-order valence-corrected chi connectivity index (χ3v) is 13.6. The number of hydrogen-bond donors (Lipinski definition) is 0. The fraction of sp³-hybridized carbons (Fsp3) is 0. The molecule has 0 saturated heterocycles. The monoisotopic (exact) mass is 866 g/mol. The number of aromatic nitrogens is 2. The molecule has 0 aliphatic heterocycles. The van der Waals surface area contributed by atoms with Crippen molar-refractivity contribution in [2.45, 2.75) is 0 Å². The first-order valence-corrected chi connectivity index (χ1v) is 23.0. The Labute approximate surface area is 391 Å². The molecule has 0 radical (unpaired) electrons. The number of hydrogen-bond acceptors (Lipinski definition) is 4. The molecule has 3 aromatic heterocycles. The minimum absolute atomic E-state index is 0.659. The summed E-state index contributed by atoms with van der Waals surface area (Å²) in [6.07, 6.45) is 0. The van der Waals surface area contributed by atoms with E-state index in [-0.39, 0.29) is 0 Å². The second-order valence-corrected chi connectivity index (χ2v) is 17.6. The SMILES string of the molecule is c1ccc(-c2nc(-c3cc(-c4ccc5oc6ccccc6c5c4)cc(-c4ccc5oc6ccccc6c5c4)c3)cc(-c3ccccc3-c3c4ccccc4cc4c3ccc3ccccc34)n2)cc1. The summed E-state index contributed by atoms with van der Waals surface area (Å²) in [6.45, 7) is 0. The van der Waals surface area contributed by atoms with E-state index >= 15 is 0 Å². The van der Waals surface area contributed by atoms with E-state index in [1.54, 1.807) is 0 Å². The van der Waals surface area contributed by atoms with Gasteiger partial charge in [-0.15, -0.1) is 0 Å². The predicted octanol–water partition coefficient (Wildman–Crippen LogP) is 17.7. The Hall–Kier alpha value is -9.12. The van der Waals surface area contributed by atoms with Crippen LogP contribution >= 0.6 is 0 Å². The number of benzene rings is 11. The van der Waals surface area contributed by atoms with Crippen molar-refractivity contribution in [3.05, 3.63) is 231 Å². The maximum absolute atomic E-state index is 6.29. The van der Waals surface area contributed by atoms with Crippen molar-refractivity contribution in [1.29, 1.82) is 0 Å². The predicted molar refractivity (Wildman–Crippen MR) is 282 cm³/mol. The van der Waals surface area contributed by atoms with Gasteiger partial charge in [-0.25, -0.2) is 9.97 Å². The van der Waals surface area contributed by atoms with Crippen LogP contribution in [0.3, 0.4) is 0 Å². The molecule has 0 aliphatic rings. The van der Waals surface area contributed by atoms with Gasteiger partial charge in [0.1, 0.15) is 22.3 Å². The minimum Gasteiger partial charge on any atom is -0.456 e. The Bertz CT molecular complexity index is 4200. The van der Waals surface area contributed by atoms with Gasteiger partial charge in [-0.05, 0) is 132 Å². The first-order valence-electron chi connectivity index (χ1n) is 23.0. The number of fused-ring (bicyclic) bond motifs is 10. The van der Waals surface area contributed by atoms with Gasteiger partial charge in [0.05, 0.1) is 11.4 Å². The highest BCUT2D eigenvalue weighted by Crippen LogP contribution is 2.44. The molecular formula is C64H38N2O2. The zero-order chi connectivity index (χ0) is 44.7. The number of rotatable bonds is 6. The van der Waals surface area contributed by atoms with Crippen LogP contribution in [0.15, 0.2) is 239 Å². The molecule has 4 nitrogen and oxygen atoms in total. The standard InChI is InChI=1S/C64H38N2O2/c1-2-15-40(16-3-1)64-65-57(38-58(66-64)49-20-8-9-23-52(49)63-48-19-7-5-17-43(48)37-54-47-18-6-4-14-39(47)26-29-53(54)63)46-33-44(41-27-30-61-55(35-41)50-21-10-12-24-59(50)67-61)32-45(34-46)42-28-31-62-56(36-42)51-22-11-13-25-60(51)68-62/h1-38H. The molecular weight excluding hydrogens is 829 g/mol. The Morgan fingerprint density at radius 2 is 0.779 bits per heavy atom. The molecule has 0 unspecified atom stereocenters. The lowest BCUT2D eigenvalue weighted by atomic mass is 9.87. The smallest absolute Gasteiger partial charge is 0.160 e. The van der Waals surface area contributed by atoms with Crippen molar-refractivity contribution in [3.63, 3.8) is 0 Å². The summed E-state index contributed by atoms with van der Waals surface area (Å²) in [5.74, 6) is 0.659. The molecule has 3 heterocycles. The Morgan fingerprint density at radius 1 is 0.250 bits per heavy atom. The zero-order valence-electron chi connectivity index (χ0n) is 36.7. The quantitative estimate of drug-likeness (QED) is 0.123. The number of furan rings is 2. The van der Waals surface area contributed by atoms with Crippen molar-refractivity contribution in [3.8, 4) is 67.3 Å². The van der Waals surface area contributed by atoms with Gasteiger partial charge in [0, 0.05) is 38.2 Å². The average Bonchev–Trinajstić information content (AvgIpc) is 3.98. The van der Waals surface area contributed by atoms with E-state index in [1.165, 1.54) is 37.9 Å². The summed E-state index contributed by atoms with van der Waals surface area (Å²) < 4.78 is 12.6. The van der Waals surface area contributed by atoms with Crippen LogP contribution in [0.4, 0.5) is 0 Å². The Balaban J connectivity index is 1.02. The van der Waals surface area contributed by atoms with E-state index in [9.17, 15) is 0 Å². The van der Waals surface area contributed by atoms with Crippen LogP contribution in [-0.4, -0.2) is 9.97 Å². The van der Waals surface area contributed by atoms with E-state index in [2.05, 4.69) is 200 Å². The highest BCUT2D eigenvalue weighted by molar-refractivity contribution is 6.21. The molecule has 0 spiro atoms. The molecule has 14 aromatic rings. The van der Waals surface area contributed by atoms with Crippen molar-refractivity contribution in [2.75, 3.05) is 0 Å².